The molecule has 0 amide bonds. The number of rotatable bonds is 3. The lowest BCUT2D eigenvalue weighted by Gasteiger charge is -2.11. The highest BCUT2D eigenvalue weighted by molar-refractivity contribution is 6.30. The van der Waals surface area contributed by atoms with E-state index >= 15 is 0 Å². The van der Waals surface area contributed by atoms with Crippen molar-refractivity contribution in [3.8, 4) is 11.3 Å². The minimum Gasteiger partial charge on any atom is -0.267 e. The van der Waals surface area contributed by atoms with Gasteiger partial charge >= 0.3 is 0 Å². The summed E-state index contributed by atoms with van der Waals surface area (Å²) in [5.74, 6) is 0. The molecule has 3 aromatic carbocycles. The Morgan fingerprint density at radius 3 is 2.32 bits per heavy atom. The lowest BCUT2D eigenvalue weighted by molar-refractivity contribution is 0.651. The van der Waals surface area contributed by atoms with Crippen LogP contribution in [0.1, 0.15) is 5.56 Å². The molecular formula is C21H15ClN2O. The lowest BCUT2D eigenvalue weighted by Crippen LogP contribution is -2.24. The van der Waals surface area contributed by atoms with E-state index in [9.17, 15) is 4.79 Å². The number of aromatic nitrogens is 2. The summed E-state index contributed by atoms with van der Waals surface area (Å²) < 4.78 is 1.51. The molecule has 1 heterocycles. The summed E-state index contributed by atoms with van der Waals surface area (Å²) in [5, 5.41) is 6.83. The van der Waals surface area contributed by atoms with E-state index in [1.165, 1.54) is 4.68 Å². The molecule has 0 saturated heterocycles. The third kappa shape index (κ3) is 3.06. The number of fused-ring (bicyclic) bond motifs is 1. The fourth-order valence-electron chi connectivity index (χ4n) is 2.96. The third-order valence-electron chi connectivity index (χ3n) is 4.14. The van der Waals surface area contributed by atoms with E-state index in [4.69, 9.17) is 11.6 Å². The Hall–Kier alpha value is -2.91. The Kier molecular flexibility index (Phi) is 4.08. The molecule has 4 rings (SSSR count). The maximum Gasteiger partial charge on any atom is 0.274 e. The van der Waals surface area contributed by atoms with E-state index in [-0.39, 0.29) is 5.56 Å². The molecule has 0 atom stereocenters. The molecule has 0 radical (unpaired) electrons. The van der Waals surface area contributed by atoms with Crippen LogP contribution in [0, 0.1) is 0 Å². The van der Waals surface area contributed by atoms with Gasteiger partial charge in [0, 0.05) is 16.0 Å². The minimum atomic E-state index is -0.102. The van der Waals surface area contributed by atoms with E-state index < -0.39 is 0 Å². The Labute approximate surface area is 150 Å². The molecule has 0 spiro atoms. The zero-order valence-corrected chi connectivity index (χ0v) is 14.1. The van der Waals surface area contributed by atoms with Crippen LogP contribution in [-0.2, 0) is 6.54 Å². The standard InChI is InChI=1S/C21H15ClN2O/c22-17-10-6-7-15(13-17)14-24-21(25)19-12-5-4-11-18(19)20(23-24)16-8-2-1-3-9-16/h1-13H,14H2. The zero-order chi connectivity index (χ0) is 17.2. The van der Waals surface area contributed by atoms with Gasteiger partial charge in [-0.05, 0) is 23.8 Å². The maximum atomic E-state index is 12.9. The first-order chi connectivity index (χ1) is 12.2. The highest BCUT2D eigenvalue weighted by Crippen LogP contribution is 2.24. The average Bonchev–Trinajstić information content (AvgIpc) is 2.65. The van der Waals surface area contributed by atoms with E-state index in [0.29, 0.717) is 17.0 Å². The second-order valence-corrected chi connectivity index (χ2v) is 6.29. The van der Waals surface area contributed by atoms with Gasteiger partial charge in [-0.1, -0.05) is 72.3 Å². The van der Waals surface area contributed by atoms with Crippen molar-refractivity contribution in [2.24, 2.45) is 0 Å². The van der Waals surface area contributed by atoms with Crippen LogP contribution in [0.25, 0.3) is 22.0 Å². The molecule has 0 fully saturated rings. The Balaban J connectivity index is 1.93. The zero-order valence-electron chi connectivity index (χ0n) is 13.4. The minimum absolute atomic E-state index is 0.102. The van der Waals surface area contributed by atoms with Crippen LogP contribution >= 0.6 is 11.6 Å². The number of nitrogens with zero attached hydrogens (tertiary/aromatic N) is 2. The van der Waals surface area contributed by atoms with Gasteiger partial charge in [-0.15, -0.1) is 0 Å². The first-order valence-electron chi connectivity index (χ1n) is 8.02. The Morgan fingerprint density at radius 1 is 0.840 bits per heavy atom. The monoisotopic (exact) mass is 346 g/mol. The van der Waals surface area contributed by atoms with E-state index in [1.807, 2.05) is 78.9 Å². The van der Waals surface area contributed by atoms with Crippen molar-refractivity contribution >= 4 is 22.4 Å². The van der Waals surface area contributed by atoms with Gasteiger partial charge in [-0.3, -0.25) is 4.79 Å². The highest BCUT2D eigenvalue weighted by Gasteiger charge is 2.12. The topological polar surface area (TPSA) is 34.9 Å². The van der Waals surface area contributed by atoms with E-state index in [0.717, 1.165) is 22.2 Å². The van der Waals surface area contributed by atoms with Crippen LogP contribution in [0.15, 0.2) is 83.7 Å². The molecule has 0 bridgehead atoms. The van der Waals surface area contributed by atoms with Gasteiger partial charge in [0.15, 0.2) is 0 Å². The summed E-state index contributed by atoms with van der Waals surface area (Å²) in [7, 11) is 0. The van der Waals surface area contributed by atoms with E-state index in [2.05, 4.69) is 5.10 Å². The number of hydrogen-bond acceptors (Lipinski definition) is 2. The molecule has 122 valence electrons. The van der Waals surface area contributed by atoms with Crippen LogP contribution in [-0.4, -0.2) is 9.78 Å². The normalized spacial score (nSPS) is 10.9. The van der Waals surface area contributed by atoms with Crippen LogP contribution in [0.4, 0.5) is 0 Å². The summed E-state index contributed by atoms with van der Waals surface area (Å²) in [5.41, 5.74) is 2.63. The Bertz CT molecular complexity index is 1100. The molecule has 0 saturated carbocycles. The second kappa shape index (κ2) is 6.54. The lowest BCUT2D eigenvalue weighted by atomic mass is 10.1. The molecule has 1 aromatic heterocycles. The molecule has 4 aromatic rings. The van der Waals surface area contributed by atoms with Gasteiger partial charge in [-0.25, -0.2) is 4.68 Å². The van der Waals surface area contributed by atoms with Gasteiger partial charge in [0.05, 0.1) is 17.6 Å². The SMILES string of the molecule is O=c1c2ccccc2c(-c2ccccc2)nn1Cc1cccc(Cl)c1. The molecule has 0 aliphatic carbocycles. The van der Waals surface area contributed by atoms with Gasteiger partial charge in [0.2, 0.25) is 0 Å². The quantitative estimate of drug-likeness (QED) is 0.536. The van der Waals surface area contributed by atoms with Crippen molar-refractivity contribution in [2.45, 2.75) is 6.54 Å². The summed E-state index contributed by atoms with van der Waals surface area (Å²) in [4.78, 5) is 12.9. The van der Waals surface area contributed by atoms with Crippen molar-refractivity contribution in [3.63, 3.8) is 0 Å². The van der Waals surface area contributed by atoms with Crippen molar-refractivity contribution < 1.29 is 0 Å². The number of hydrogen-bond donors (Lipinski definition) is 0. The van der Waals surface area contributed by atoms with Crippen LogP contribution in [0.5, 0.6) is 0 Å². The molecule has 0 aliphatic heterocycles. The maximum absolute atomic E-state index is 12.9. The number of halogens is 1. The van der Waals surface area contributed by atoms with Crippen LogP contribution < -0.4 is 5.56 Å². The van der Waals surface area contributed by atoms with Crippen molar-refractivity contribution in [1.29, 1.82) is 0 Å². The summed E-state index contributed by atoms with van der Waals surface area (Å²) in [6.07, 6.45) is 0. The average molecular weight is 347 g/mol. The summed E-state index contributed by atoms with van der Waals surface area (Å²) in [6.45, 7) is 0.379. The van der Waals surface area contributed by atoms with Gasteiger partial charge < -0.3 is 0 Å². The fraction of sp³-hybridized carbons (Fsp3) is 0.0476. The fourth-order valence-corrected chi connectivity index (χ4v) is 3.17. The molecule has 0 unspecified atom stereocenters. The molecule has 3 nitrogen and oxygen atoms in total. The van der Waals surface area contributed by atoms with Crippen molar-refractivity contribution in [2.75, 3.05) is 0 Å². The molecule has 0 N–H and O–H groups in total. The first kappa shape index (κ1) is 15.6. The molecular weight excluding hydrogens is 332 g/mol. The summed E-state index contributed by atoms with van der Waals surface area (Å²) in [6, 6.07) is 25.0. The van der Waals surface area contributed by atoms with Crippen molar-refractivity contribution in [3.05, 3.63) is 99.8 Å². The highest BCUT2D eigenvalue weighted by atomic mass is 35.5. The van der Waals surface area contributed by atoms with Gasteiger partial charge in [-0.2, -0.15) is 5.10 Å². The van der Waals surface area contributed by atoms with Crippen LogP contribution in [0.3, 0.4) is 0 Å². The largest absolute Gasteiger partial charge is 0.274 e. The smallest absolute Gasteiger partial charge is 0.267 e. The predicted octanol–water partition coefficient (Wildman–Crippen LogP) is 4.77. The predicted molar refractivity (Wildman–Crippen MR) is 102 cm³/mol. The van der Waals surface area contributed by atoms with Gasteiger partial charge in [0.1, 0.15) is 0 Å². The second-order valence-electron chi connectivity index (χ2n) is 5.85. The molecule has 0 aliphatic rings. The van der Waals surface area contributed by atoms with Crippen LogP contribution in [0.2, 0.25) is 5.02 Å². The Morgan fingerprint density at radius 2 is 1.56 bits per heavy atom. The molecule has 25 heavy (non-hydrogen) atoms. The van der Waals surface area contributed by atoms with E-state index in [1.54, 1.807) is 0 Å². The van der Waals surface area contributed by atoms with Gasteiger partial charge in [0.25, 0.3) is 5.56 Å². The summed E-state index contributed by atoms with van der Waals surface area (Å²) >= 11 is 6.07. The molecule has 4 heteroatoms. The number of benzene rings is 3. The van der Waals surface area contributed by atoms with Crippen molar-refractivity contribution in [1.82, 2.24) is 9.78 Å². The third-order valence-corrected chi connectivity index (χ3v) is 4.37. The first-order valence-corrected chi connectivity index (χ1v) is 8.40.